The van der Waals surface area contributed by atoms with Gasteiger partial charge in [0, 0.05) is 30.9 Å². The molecule has 0 saturated heterocycles. The number of pyridine rings is 1. The smallest absolute Gasteiger partial charge is 0.154 e. The molecule has 5 heteroatoms. The lowest BCUT2D eigenvalue weighted by atomic mass is 10.2. The summed E-state index contributed by atoms with van der Waals surface area (Å²) >= 11 is 0. The Morgan fingerprint density at radius 2 is 1.87 bits per heavy atom. The van der Waals surface area contributed by atoms with Gasteiger partial charge in [-0.05, 0) is 26.0 Å². The fourth-order valence-electron chi connectivity index (χ4n) is 0.916. The summed E-state index contributed by atoms with van der Waals surface area (Å²) < 4.78 is 22.1. The van der Waals surface area contributed by atoms with E-state index in [0.29, 0.717) is 6.54 Å². The molecule has 0 unspecified atom stereocenters. The zero-order chi connectivity index (χ0) is 11.5. The molecule has 15 heavy (non-hydrogen) atoms. The fraction of sp³-hybridized carbons (Fsp3) is 0.500. The lowest BCUT2D eigenvalue weighted by Crippen LogP contribution is -2.38. The first-order chi connectivity index (χ1) is 6.83. The maximum absolute atomic E-state index is 11.4. The summed E-state index contributed by atoms with van der Waals surface area (Å²) in [4.78, 5) is 3.88. The van der Waals surface area contributed by atoms with Crippen LogP contribution >= 0.6 is 0 Å². The van der Waals surface area contributed by atoms with E-state index in [-0.39, 0.29) is 0 Å². The van der Waals surface area contributed by atoms with E-state index in [9.17, 15) is 8.42 Å². The maximum Gasteiger partial charge on any atom is 0.154 e. The van der Waals surface area contributed by atoms with Crippen molar-refractivity contribution >= 4 is 15.5 Å². The molecule has 0 aromatic carbocycles. The first-order valence-corrected chi connectivity index (χ1v) is 6.55. The first kappa shape index (κ1) is 12.0. The lowest BCUT2D eigenvalue weighted by molar-refractivity contribution is 0.560. The molecule has 0 amide bonds. The molecule has 0 radical (unpaired) electrons. The average Bonchev–Trinajstić information content (AvgIpc) is 2.15. The van der Waals surface area contributed by atoms with E-state index in [1.54, 1.807) is 38.4 Å². The van der Waals surface area contributed by atoms with Crippen LogP contribution in [0.15, 0.2) is 24.5 Å². The molecule has 0 bridgehead atoms. The van der Waals surface area contributed by atoms with Crippen LogP contribution in [0, 0.1) is 0 Å². The minimum absolute atomic E-state index is 0.385. The second-order valence-electron chi connectivity index (χ2n) is 4.12. The molecule has 1 aromatic rings. The molecule has 0 aliphatic carbocycles. The van der Waals surface area contributed by atoms with Crippen LogP contribution in [0.4, 0.5) is 5.69 Å². The van der Waals surface area contributed by atoms with Gasteiger partial charge in [0.15, 0.2) is 9.84 Å². The Balaban J connectivity index is 2.66. The summed E-state index contributed by atoms with van der Waals surface area (Å²) in [5, 5.41) is 3.07. The molecule has 0 aliphatic heterocycles. The van der Waals surface area contributed by atoms with Gasteiger partial charge >= 0.3 is 0 Å². The van der Waals surface area contributed by atoms with Crippen LogP contribution in [0.3, 0.4) is 0 Å². The summed E-state index contributed by atoms with van der Waals surface area (Å²) in [6, 6.07) is 3.61. The van der Waals surface area contributed by atoms with Gasteiger partial charge in [0.05, 0.1) is 4.75 Å². The van der Waals surface area contributed by atoms with Crippen molar-refractivity contribution in [3.63, 3.8) is 0 Å². The van der Waals surface area contributed by atoms with Crippen LogP contribution in [0.25, 0.3) is 0 Å². The molecule has 84 valence electrons. The molecule has 0 fully saturated rings. The van der Waals surface area contributed by atoms with Crippen LogP contribution < -0.4 is 5.32 Å². The van der Waals surface area contributed by atoms with Gasteiger partial charge in [0.1, 0.15) is 0 Å². The summed E-state index contributed by atoms with van der Waals surface area (Å²) in [6.07, 6.45) is 4.58. The second-order valence-corrected chi connectivity index (χ2v) is 6.77. The number of nitrogens with zero attached hydrogens (tertiary/aromatic N) is 1. The third-order valence-electron chi connectivity index (χ3n) is 2.40. The number of anilines is 1. The molecule has 0 aliphatic rings. The molecule has 0 atom stereocenters. The summed E-state index contributed by atoms with van der Waals surface area (Å²) in [5.41, 5.74) is 0.877. The zero-order valence-corrected chi connectivity index (χ0v) is 10.0. The number of nitrogens with one attached hydrogen (secondary N) is 1. The van der Waals surface area contributed by atoms with Crippen molar-refractivity contribution in [1.29, 1.82) is 0 Å². The van der Waals surface area contributed by atoms with Crippen molar-refractivity contribution in [3.05, 3.63) is 24.5 Å². The topological polar surface area (TPSA) is 59.1 Å². The molecule has 0 saturated carbocycles. The van der Waals surface area contributed by atoms with Gasteiger partial charge in [-0.3, -0.25) is 4.98 Å². The predicted molar refractivity (Wildman–Crippen MR) is 61.6 cm³/mol. The number of rotatable bonds is 4. The molecule has 1 rings (SSSR count). The SMILES string of the molecule is CC(C)(CNc1ccncc1)S(C)(=O)=O. The highest BCUT2D eigenvalue weighted by Gasteiger charge is 2.29. The molecule has 1 N–H and O–H groups in total. The summed E-state index contributed by atoms with van der Waals surface area (Å²) in [7, 11) is -3.05. The van der Waals surface area contributed by atoms with Crippen molar-refractivity contribution in [3.8, 4) is 0 Å². The van der Waals surface area contributed by atoms with E-state index in [1.807, 2.05) is 0 Å². The third kappa shape index (κ3) is 3.20. The lowest BCUT2D eigenvalue weighted by Gasteiger charge is -2.23. The second kappa shape index (κ2) is 4.18. The highest BCUT2D eigenvalue weighted by atomic mass is 32.2. The Bertz CT molecular complexity index is 412. The van der Waals surface area contributed by atoms with Crippen LogP contribution in [0.2, 0.25) is 0 Å². The number of hydrogen-bond acceptors (Lipinski definition) is 4. The van der Waals surface area contributed by atoms with Crippen molar-refractivity contribution in [1.82, 2.24) is 4.98 Å². The fourth-order valence-corrected chi connectivity index (χ4v) is 1.25. The zero-order valence-electron chi connectivity index (χ0n) is 9.19. The van der Waals surface area contributed by atoms with Gasteiger partial charge in [-0.1, -0.05) is 0 Å². The van der Waals surface area contributed by atoms with Gasteiger partial charge < -0.3 is 5.32 Å². The number of hydrogen-bond donors (Lipinski definition) is 1. The van der Waals surface area contributed by atoms with Crippen LogP contribution in [0.5, 0.6) is 0 Å². The Kier molecular flexibility index (Phi) is 3.34. The molecule has 1 aromatic heterocycles. The van der Waals surface area contributed by atoms with E-state index in [1.165, 1.54) is 6.26 Å². The van der Waals surface area contributed by atoms with Crippen LogP contribution in [-0.4, -0.2) is 30.9 Å². The average molecular weight is 228 g/mol. The van der Waals surface area contributed by atoms with Crippen molar-refractivity contribution in [2.45, 2.75) is 18.6 Å². The number of sulfone groups is 1. The highest BCUT2D eigenvalue weighted by molar-refractivity contribution is 7.92. The molecule has 1 heterocycles. The van der Waals surface area contributed by atoms with E-state index in [2.05, 4.69) is 10.3 Å². The highest BCUT2D eigenvalue weighted by Crippen LogP contribution is 2.16. The van der Waals surface area contributed by atoms with Crippen LogP contribution in [-0.2, 0) is 9.84 Å². The van der Waals surface area contributed by atoms with Gasteiger partial charge in [-0.2, -0.15) is 0 Å². The summed E-state index contributed by atoms with van der Waals surface area (Å²) in [6.45, 7) is 3.79. The number of aromatic nitrogens is 1. The van der Waals surface area contributed by atoms with Crippen molar-refractivity contribution in [2.24, 2.45) is 0 Å². The van der Waals surface area contributed by atoms with E-state index < -0.39 is 14.6 Å². The van der Waals surface area contributed by atoms with Gasteiger partial charge in [-0.25, -0.2) is 8.42 Å². The van der Waals surface area contributed by atoms with Crippen molar-refractivity contribution in [2.75, 3.05) is 18.1 Å². The standard InChI is InChI=1S/C10H16N2O2S/c1-10(2,15(3,13)14)8-12-9-4-6-11-7-5-9/h4-7H,8H2,1-3H3,(H,11,12). The first-order valence-electron chi connectivity index (χ1n) is 4.66. The Hall–Kier alpha value is -1.10. The van der Waals surface area contributed by atoms with E-state index in [4.69, 9.17) is 0 Å². The summed E-state index contributed by atoms with van der Waals surface area (Å²) in [5.74, 6) is 0. The van der Waals surface area contributed by atoms with Crippen molar-refractivity contribution < 1.29 is 8.42 Å². The molecule has 0 spiro atoms. The van der Waals surface area contributed by atoms with Gasteiger partial charge in [0.2, 0.25) is 0 Å². The molecular weight excluding hydrogens is 212 g/mol. The minimum atomic E-state index is -3.05. The van der Waals surface area contributed by atoms with Crippen LogP contribution in [0.1, 0.15) is 13.8 Å². The third-order valence-corrected chi connectivity index (χ3v) is 4.55. The Morgan fingerprint density at radius 1 is 1.33 bits per heavy atom. The molecular formula is C10H16N2O2S. The largest absolute Gasteiger partial charge is 0.383 e. The Morgan fingerprint density at radius 3 is 2.33 bits per heavy atom. The van der Waals surface area contributed by atoms with E-state index in [0.717, 1.165) is 5.69 Å². The quantitative estimate of drug-likeness (QED) is 0.844. The predicted octanol–water partition coefficient (Wildman–Crippen LogP) is 1.32. The van der Waals surface area contributed by atoms with Gasteiger partial charge in [0.25, 0.3) is 0 Å². The molecule has 4 nitrogen and oxygen atoms in total. The minimum Gasteiger partial charge on any atom is -0.383 e. The Labute approximate surface area is 90.7 Å². The maximum atomic E-state index is 11.4. The normalized spacial score (nSPS) is 12.5. The van der Waals surface area contributed by atoms with Gasteiger partial charge in [-0.15, -0.1) is 0 Å². The van der Waals surface area contributed by atoms with E-state index >= 15 is 0 Å². The monoisotopic (exact) mass is 228 g/mol.